The van der Waals surface area contributed by atoms with Crippen LogP contribution in [-0.4, -0.2) is 49.0 Å². The summed E-state index contributed by atoms with van der Waals surface area (Å²) >= 11 is 0. The number of hydrogen-bond donors (Lipinski definition) is 2. The van der Waals surface area contributed by atoms with E-state index in [-0.39, 0.29) is 0 Å². The van der Waals surface area contributed by atoms with Gasteiger partial charge in [0.2, 0.25) is 0 Å². The van der Waals surface area contributed by atoms with Gasteiger partial charge in [0.05, 0.1) is 6.61 Å². The van der Waals surface area contributed by atoms with Crippen molar-refractivity contribution in [2.45, 2.75) is 32.7 Å². The van der Waals surface area contributed by atoms with Crippen LogP contribution in [-0.2, 0) is 9.59 Å². The van der Waals surface area contributed by atoms with Crippen LogP contribution in [0.15, 0.2) is 24.3 Å². The van der Waals surface area contributed by atoms with E-state index in [4.69, 9.17) is 4.74 Å². The Labute approximate surface area is 137 Å². The average molecular weight is 319 g/mol. The molecule has 1 aliphatic rings. The molecule has 0 aromatic heterocycles. The summed E-state index contributed by atoms with van der Waals surface area (Å²) in [5.41, 5.74) is 0.574. The van der Waals surface area contributed by atoms with Crippen LogP contribution in [0, 0.1) is 0 Å². The van der Waals surface area contributed by atoms with Gasteiger partial charge in [-0.2, -0.15) is 0 Å². The molecular weight excluding hydrogens is 294 g/mol. The minimum atomic E-state index is -0.643. The monoisotopic (exact) mass is 319 g/mol. The van der Waals surface area contributed by atoms with Crippen molar-refractivity contribution in [1.82, 2.24) is 10.2 Å². The normalized spacial score (nSPS) is 17.7. The number of amides is 2. The summed E-state index contributed by atoms with van der Waals surface area (Å²) in [6, 6.07) is 7.28. The lowest BCUT2D eigenvalue weighted by molar-refractivity contribution is -0.136. The van der Waals surface area contributed by atoms with Crippen molar-refractivity contribution in [3.63, 3.8) is 0 Å². The van der Waals surface area contributed by atoms with Gasteiger partial charge in [-0.25, -0.2) is 0 Å². The van der Waals surface area contributed by atoms with Gasteiger partial charge in [-0.3, -0.25) is 14.5 Å². The molecule has 1 aromatic carbocycles. The number of likely N-dealkylation sites (N-methyl/N-ethyl adjacent to an activating group) is 1. The van der Waals surface area contributed by atoms with Gasteiger partial charge in [-0.1, -0.05) is 6.92 Å². The van der Waals surface area contributed by atoms with Gasteiger partial charge in [0.1, 0.15) is 5.75 Å². The second-order valence-corrected chi connectivity index (χ2v) is 5.55. The second-order valence-electron chi connectivity index (χ2n) is 5.55. The highest BCUT2D eigenvalue weighted by atomic mass is 16.5. The van der Waals surface area contributed by atoms with Crippen molar-refractivity contribution in [2.24, 2.45) is 0 Å². The first-order valence-electron chi connectivity index (χ1n) is 8.20. The van der Waals surface area contributed by atoms with Gasteiger partial charge in [0.15, 0.2) is 0 Å². The van der Waals surface area contributed by atoms with Gasteiger partial charge >= 0.3 is 11.8 Å². The van der Waals surface area contributed by atoms with Crippen LogP contribution < -0.4 is 15.4 Å². The van der Waals surface area contributed by atoms with Crippen molar-refractivity contribution < 1.29 is 14.3 Å². The summed E-state index contributed by atoms with van der Waals surface area (Å²) in [4.78, 5) is 26.1. The maximum atomic E-state index is 11.9. The molecule has 1 fully saturated rings. The van der Waals surface area contributed by atoms with Gasteiger partial charge in [0.25, 0.3) is 0 Å². The van der Waals surface area contributed by atoms with Crippen LogP contribution in [0.2, 0.25) is 0 Å². The number of nitrogens with one attached hydrogen (secondary N) is 2. The van der Waals surface area contributed by atoms with Crippen LogP contribution >= 0.6 is 0 Å². The maximum absolute atomic E-state index is 11.9. The Hall–Kier alpha value is -2.08. The highest BCUT2D eigenvalue weighted by Crippen LogP contribution is 2.16. The Balaban J connectivity index is 1.79. The largest absolute Gasteiger partial charge is 0.494 e. The Kier molecular flexibility index (Phi) is 6.40. The molecule has 0 aliphatic carbocycles. The zero-order valence-corrected chi connectivity index (χ0v) is 13.8. The minimum absolute atomic E-state index is 0.335. The SMILES string of the molecule is CCOc1ccc(NC(=O)C(=O)NC[C@@H]2CCCN2CC)cc1. The number of anilines is 1. The lowest BCUT2D eigenvalue weighted by Gasteiger charge is -2.22. The number of nitrogens with zero attached hydrogens (tertiary/aromatic N) is 1. The maximum Gasteiger partial charge on any atom is 0.313 e. The van der Waals surface area contributed by atoms with Gasteiger partial charge in [-0.05, 0) is 57.1 Å². The van der Waals surface area contributed by atoms with Crippen LogP contribution in [0.25, 0.3) is 0 Å². The van der Waals surface area contributed by atoms with E-state index >= 15 is 0 Å². The fourth-order valence-electron chi connectivity index (χ4n) is 2.82. The molecule has 1 atom stereocenters. The molecule has 1 saturated heterocycles. The third-order valence-corrected chi connectivity index (χ3v) is 4.03. The molecule has 1 aliphatic heterocycles. The number of ether oxygens (including phenoxy) is 1. The molecule has 6 heteroatoms. The van der Waals surface area contributed by atoms with E-state index in [0.717, 1.165) is 31.7 Å². The number of benzene rings is 1. The van der Waals surface area contributed by atoms with E-state index in [9.17, 15) is 9.59 Å². The molecule has 0 unspecified atom stereocenters. The van der Waals surface area contributed by atoms with Gasteiger partial charge in [-0.15, -0.1) is 0 Å². The summed E-state index contributed by atoms with van der Waals surface area (Å²) in [6.07, 6.45) is 2.21. The standard InChI is InChI=1S/C17H25N3O3/c1-3-20-11-5-6-14(20)12-18-16(21)17(22)19-13-7-9-15(10-8-13)23-4-2/h7-10,14H,3-6,11-12H2,1-2H3,(H,18,21)(H,19,22)/t14-/m0/s1. The molecule has 126 valence electrons. The Morgan fingerprint density at radius 3 is 2.61 bits per heavy atom. The highest BCUT2D eigenvalue weighted by Gasteiger charge is 2.24. The Morgan fingerprint density at radius 2 is 1.96 bits per heavy atom. The number of hydrogen-bond acceptors (Lipinski definition) is 4. The quantitative estimate of drug-likeness (QED) is 0.782. The predicted molar refractivity (Wildman–Crippen MR) is 89.5 cm³/mol. The van der Waals surface area contributed by atoms with E-state index < -0.39 is 11.8 Å². The lowest BCUT2D eigenvalue weighted by Crippen LogP contribution is -2.43. The van der Waals surface area contributed by atoms with E-state index in [1.54, 1.807) is 24.3 Å². The first-order chi connectivity index (χ1) is 11.1. The smallest absolute Gasteiger partial charge is 0.313 e. The molecule has 0 saturated carbocycles. The molecule has 2 rings (SSSR count). The summed E-state index contributed by atoms with van der Waals surface area (Å²) < 4.78 is 5.33. The lowest BCUT2D eigenvalue weighted by atomic mass is 10.2. The minimum Gasteiger partial charge on any atom is -0.494 e. The molecule has 0 spiro atoms. The van der Waals surface area contributed by atoms with Crippen LogP contribution in [0.3, 0.4) is 0 Å². The Bertz CT molecular complexity index is 530. The van der Waals surface area contributed by atoms with Crippen molar-refractivity contribution >= 4 is 17.5 Å². The summed E-state index contributed by atoms with van der Waals surface area (Å²) in [7, 11) is 0. The number of rotatable bonds is 6. The third-order valence-electron chi connectivity index (χ3n) is 4.03. The zero-order chi connectivity index (χ0) is 16.7. The van der Waals surface area contributed by atoms with Crippen molar-refractivity contribution in [2.75, 3.05) is 31.6 Å². The van der Waals surface area contributed by atoms with Crippen LogP contribution in [0.4, 0.5) is 5.69 Å². The van der Waals surface area contributed by atoms with E-state index in [1.807, 2.05) is 6.92 Å². The molecule has 0 bridgehead atoms. The fraction of sp³-hybridized carbons (Fsp3) is 0.529. The van der Waals surface area contributed by atoms with E-state index in [0.29, 0.717) is 24.9 Å². The number of carbonyl (C=O) groups is 2. The summed E-state index contributed by atoms with van der Waals surface area (Å²) in [5, 5.41) is 5.31. The molecule has 2 N–H and O–H groups in total. The number of likely N-dealkylation sites (tertiary alicyclic amines) is 1. The van der Waals surface area contributed by atoms with Crippen LogP contribution in [0.5, 0.6) is 5.75 Å². The van der Waals surface area contributed by atoms with Gasteiger partial charge < -0.3 is 15.4 Å². The molecule has 2 amide bonds. The van der Waals surface area contributed by atoms with Crippen LogP contribution in [0.1, 0.15) is 26.7 Å². The second kappa shape index (κ2) is 8.53. The molecular formula is C17H25N3O3. The average Bonchev–Trinajstić information content (AvgIpc) is 3.02. The summed E-state index contributed by atoms with van der Waals surface area (Å²) in [5.74, 6) is -0.507. The topological polar surface area (TPSA) is 70.7 Å². The molecule has 23 heavy (non-hydrogen) atoms. The van der Waals surface area contributed by atoms with Crippen molar-refractivity contribution in [1.29, 1.82) is 0 Å². The predicted octanol–water partition coefficient (Wildman–Crippen LogP) is 1.62. The molecule has 6 nitrogen and oxygen atoms in total. The van der Waals surface area contributed by atoms with Crippen molar-refractivity contribution in [3.8, 4) is 5.75 Å². The first-order valence-corrected chi connectivity index (χ1v) is 8.20. The van der Waals surface area contributed by atoms with Crippen molar-refractivity contribution in [3.05, 3.63) is 24.3 Å². The fourth-order valence-corrected chi connectivity index (χ4v) is 2.82. The molecule has 0 radical (unpaired) electrons. The zero-order valence-electron chi connectivity index (χ0n) is 13.8. The number of carbonyl (C=O) groups excluding carboxylic acids is 2. The van der Waals surface area contributed by atoms with E-state index in [2.05, 4.69) is 22.5 Å². The third kappa shape index (κ3) is 4.96. The van der Waals surface area contributed by atoms with Gasteiger partial charge in [0, 0.05) is 18.3 Å². The first kappa shape index (κ1) is 17.3. The highest BCUT2D eigenvalue weighted by molar-refractivity contribution is 6.39. The molecule has 1 aromatic rings. The van der Waals surface area contributed by atoms with E-state index in [1.165, 1.54) is 0 Å². The Morgan fingerprint density at radius 1 is 1.22 bits per heavy atom. The molecule has 1 heterocycles. The summed E-state index contributed by atoms with van der Waals surface area (Å²) in [6.45, 7) is 7.16.